The van der Waals surface area contributed by atoms with Crippen molar-refractivity contribution in [3.63, 3.8) is 0 Å². The van der Waals surface area contributed by atoms with Crippen LogP contribution in [0, 0.1) is 0 Å². The van der Waals surface area contributed by atoms with Gasteiger partial charge in [0, 0.05) is 44.9 Å². The van der Waals surface area contributed by atoms with E-state index in [-0.39, 0.29) is 24.0 Å². The highest BCUT2D eigenvalue weighted by Gasteiger charge is 2.23. The minimum atomic E-state index is -3.74. The first-order valence-electron chi connectivity index (χ1n) is 10.5. The molecule has 0 unspecified atom stereocenters. The summed E-state index contributed by atoms with van der Waals surface area (Å²) in [5.41, 5.74) is 2.29. The molecule has 0 aromatic heterocycles. The predicted octanol–water partition coefficient (Wildman–Crippen LogP) is 1.60. The fourth-order valence-electron chi connectivity index (χ4n) is 3.57. The Labute approximate surface area is 194 Å². The molecule has 1 aliphatic rings. The molecule has 0 spiro atoms. The second-order valence-electron chi connectivity index (χ2n) is 8.11. The molecule has 1 saturated heterocycles. The molecule has 3 rings (SSSR count). The van der Waals surface area contributed by atoms with Crippen molar-refractivity contribution < 1.29 is 22.8 Å². The van der Waals surface area contributed by atoms with Crippen molar-refractivity contribution in [3.05, 3.63) is 59.7 Å². The van der Waals surface area contributed by atoms with E-state index in [0.717, 1.165) is 28.2 Å². The maximum Gasteiger partial charge on any atom is 0.253 e. The Morgan fingerprint density at radius 3 is 2.36 bits per heavy atom. The number of anilines is 2. The molecule has 0 aliphatic carbocycles. The average Bonchev–Trinajstić information content (AvgIpc) is 3.21. The van der Waals surface area contributed by atoms with Crippen molar-refractivity contribution in [2.75, 3.05) is 42.6 Å². The maximum absolute atomic E-state index is 12.6. The lowest BCUT2D eigenvalue weighted by atomic mass is 10.2. The minimum absolute atomic E-state index is 0.0817. The van der Waals surface area contributed by atoms with Crippen LogP contribution in [-0.2, 0) is 26.2 Å². The number of nitrogens with zero attached hydrogens (tertiary/aromatic N) is 3. The number of nitrogens with one attached hydrogen (secondary N) is 1. The van der Waals surface area contributed by atoms with E-state index >= 15 is 0 Å². The van der Waals surface area contributed by atoms with Crippen LogP contribution in [0.5, 0.6) is 0 Å². The Bertz CT molecular complexity index is 1150. The zero-order valence-corrected chi connectivity index (χ0v) is 19.8. The highest BCUT2D eigenvalue weighted by molar-refractivity contribution is 7.92. The van der Waals surface area contributed by atoms with Crippen LogP contribution in [0.4, 0.5) is 11.4 Å². The van der Waals surface area contributed by atoms with Crippen LogP contribution in [0.15, 0.2) is 48.5 Å². The molecule has 1 heterocycles. The number of sulfonamides is 1. The molecule has 3 amide bonds. The van der Waals surface area contributed by atoms with E-state index in [1.54, 1.807) is 19.0 Å². The number of carbonyl (C=O) groups is 3. The van der Waals surface area contributed by atoms with Gasteiger partial charge in [-0.1, -0.05) is 12.1 Å². The second-order valence-corrected chi connectivity index (χ2v) is 10.0. The van der Waals surface area contributed by atoms with Gasteiger partial charge >= 0.3 is 0 Å². The average molecular weight is 473 g/mol. The van der Waals surface area contributed by atoms with Gasteiger partial charge in [0.25, 0.3) is 5.91 Å². The number of rotatable bonds is 8. The Morgan fingerprint density at radius 2 is 1.79 bits per heavy atom. The third kappa shape index (κ3) is 6.10. The van der Waals surface area contributed by atoms with Crippen molar-refractivity contribution in [1.82, 2.24) is 10.2 Å². The van der Waals surface area contributed by atoms with Gasteiger partial charge in [-0.3, -0.25) is 18.7 Å². The fraction of sp³-hybridized carbons (Fsp3) is 0.348. The summed E-state index contributed by atoms with van der Waals surface area (Å²) in [6, 6.07) is 13.4. The number of hydrogen-bond donors (Lipinski definition) is 1. The first-order chi connectivity index (χ1) is 15.6. The van der Waals surface area contributed by atoms with Crippen LogP contribution in [0.25, 0.3) is 0 Å². The highest BCUT2D eigenvalue weighted by Crippen LogP contribution is 2.22. The van der Waals surface area contributed by atoms with Gasteiger partial charge < -0.3 is 15.1 Å². The van der Waals surface area contributed by atoms with Crippen molar-refractivity contribution in [2.45, 2.75) is 19.4 Å². The summed E-state index contributed by atoms with van der Waals surface area (Å²) in [5.74, 6) is -0.599. The minimum Gasteiger partial charge on any atom is -0.350 e. The van der Waals surface area contributed by atoms with E-state index in [4.69, 9.17) is 0 Å². The summed E-state index contributed by atoms with van der Waals surface area (Å²) < 4.78 is 25.6. The molecule has 1 N–H and O–H groups in total. The normalized spacial score (nSPS) is 13.7. The summed E-state index contributed by atoms with van der Waals surface area (Å²) in [6.07, 6.45) is 2.38. The smallest absolute Gasteiger partial charge is 0.253 e. The van der Waals surface area contributed by atoms with Gasteiger partial charge in [-0.05, 0) is 48.4 Å². The van der Waals surface area contributed by atoms with Crippen LogP contribution in [0.3, 0.4) is 0 Å². The molecular formula is C23H28N4O5S. The molecule has 2 aromatic carbocycles. The molecule has 2 aromatic rings. The van der Waals surface area contributed by atoms with Gasteiger partial charge in [0.05, 0.1) is 11.9 Å². The Kier molecular flexibility index (Phi) is 7.37. The summed E-state index contributed by atoms with van der Waals surface area (Å²) in [6.45, 7) is 0.476. The number of hydrogen-bond acceptors (Lipinski definition) is 5. The van der Waals surface area contributed by atoms with Crippen LogP contribution in [-0.4, -0.2) is 64.5 Å². The van der Waals surface area contributed by atoms with Crippen LogP contribution < -0.4 is 14.5 Å². The Hall–Kier alpha value is -3.40. The molecule has 0 saturated carbocycles. The van der Waals surface area contributed by atoms with E-state index in [0.29, 0.717) is 18.5 Å². The van der Waals surface area contributed by atoms with Gasteiger partial charge in [0.1, 0.15) is 6.54 Å². The zero-order valence-electron chi connectivity index (χ0n) is 18.9. The third-order valence-corrected chi connectivity index (χ3v) is 6.42. The lowest BCUT2D eigenvalue weighted by Gasteiger charge is -2.22. The zero-order chi connectivity index (χ0) is 24.2. The van der Waals surface area contributed by atoms with Crippen molar-refractivity contribution in [2.24, 2.45) is 0 Å². The van der Waals surface area contributed by atoms with E-state index in [1.807, 2.05) is 24.3 Å². The van der Waals surface area contributed by atoms with E-state index in [2.05, 4.69) is 5.32 Å². The molecule has 33 heavy (non-hydrogen) atoms. The third-order valence-electron chi connectivity index (χ3n) is 5.28. The highest BCUT2D eigenvalue weighted by atomic mass is 32.2. The molecular weight excluding hydrogens is 444 g/mol. The number of carbonyl (C=O) groups excluding carboxylic acids is 3. The Morgan fingerprint density at radius 1 is 1.09 bits per heavy atom. The molecule has 0 bridgehead atoms. The molecule has 1 aliphatic heterocycles. The van der Waals surface area contributed by atoms with E-state index < -0.39 is 22.5 Å². The van der Waals surface area contributed by atoms with E-state index in [1.165, 1.54) is 29.2 Å². The van der Waals surface area contributed by atoms with Crippen LogP contribution >= 0.6 is 0 Å². The van der Waals surface area contributed by atoms with Crippen molar-refractivity contribution in [3.8, 4) is 0 Å². The van der Waals surface area contributed by atoms with Gasteiger partial charge in [-0.2, -0.15) is 0 Å². The van der Waals surface area contributed by atoms with Gasteiger partial charge in [-0.25, -0.2) is 8.42 Å². The quantitative estimate of drug-likeness (QED) is 0.628. The summed E-state index contributed by atoms with van der Waals surface area (Å²) in [7, 11) is -0.482. The Balaban J connectivity index is 1.67. The first-order valence-corrected chi connectivity index (χ1v) is 12.4. The molecule has 10 heteroatoms. The molecule has 9 nitrogen and oxygen atoms in total. The molecule has 0 atom stereocenters. The van der Waals surface area contributed by atoms with Crippen LogP contribution in [0.2, 0.25) is 0 Å². The topological polar surface area (TPSA) is 107 Å². The number of benzene rings is 2. The van der Waals surface area contributed by atoms with Gasteiger partial charge in [0.15, 0.2) is 0 Å². The largest absolute Gasteiger partial charge is 0.350 e. The standard InChI is InChI=1S/C23H28N4O5S/c1-25(2)23(30)18-9-11-19(12-10-18)27(33(3,31)32)16-21(28)24-15-17-6-4-7-20(14-17)26-13-5-8-22(26)29/h4,6-7,9-12,14H,5,8,13,15-16H2,1-3H3,(H,24,28). The fourth-order valence-corrected chi connectivity index (χ4v) is 4.43. The molecule has 0 radical (unpaired) electrons. The van der Waals surface area contributed by atoms with Crippen molar-refractivity contribution in [1.29, 1.82) is 0 Å². The molecule has 1 fully saturated rings. The summed E-state index contributed by atoms with van der Waals surface area (Å²) in [4.78, 5) is 39.7. The lowest BCUT2D eigenvalue weighted by Crippen LogP contribution is -2.40. The lowest BCUT2D eigenvalue weighted by molar-refractivity contribution is -0.120. The monoisotopic (exact) mass is 472 g/mol. The second kappa shape index (κ2) is 10.0. The molecule has 176 valence electrons. The van der Waals surface area contributed by atoms with Crippen LogP contribution in [0.1, 0.15) is 28.8 Å². The van der Waals surface area contributed by atoms with Gasteiger partial charge in [0.2, 0.25) is 21.8 Å². The summed E-state index contributed by atoms with van der Waals surface area (Å²) in [5, 5.41) is 2.74. The SMILES string of the molecule is CN(C)C(=O)c1ccc(N(CC(=O)NCc2cccc(N3CCCC3=O)c2)S(C)(=O)=O)cc1. The summed E-state index contributed by atoms with van der Waals surface area (Å²) >= 11 is 0. The van der Waals surface area contributed by atoms with E-state index in [9.17, 15) is 22.8 Å². The predicted molar refractivity (Wildman–Crippen MR) is 127 cm³/mol. The van der Waals surface area contributed by atoms with Crippen molar-refractivity contribution >= 4 is 39.1 Å². The first kappa shape index (κ1) is 24.2. The van der Waals surface area contributed by atoms with Gasteiger partial charge in [-0.15, -0.1) is 0 Å². The number of amides is 3. The maximum atomic E-state index is 12.6.